The van der Waals surface area contributed by atoms with Crippen molar-refractivity contribution in [2.75, 3.05) is 11.1 Å². The summed E-state index contributed by atoms with van der Waals surface area (Å²) >= 11 is 7.67. The fraction of sp³-hybridized carbons (Fsp3) is 0.154. The van der Waals surface area contributed by atoms with Crippen LogP contribution in [0.5, 0.6) is 0 Å². The van der Waals surface area contributed by atoms with Crippen LogP contribution in [-0.2, 0) is 0 Å². The first-order valence-electron chi connectivity index (χ1n) is 5.60. The highest BCUT2D eigenvalue weighted by molar-refractivity contribution is 7.08. The average molecular weight is 297 g/mol. The molecule has 1 atom stereocenters. The molecule has 100 valence electrons. The van der Waals surface area contributed by atoms with Gasteiger partial charge in [-0.3, -0.25) is 0 Å². The molecule has 0 aliphatic carbocycles. The summed E-state index contributed by atoms with van der Waals surface area (Å²) in [5.74, 6) is -1.06. The Hall–Kier alpha value is -1.72. The molecule has 1 heterocycles. The van der Waals surface area contributed by atoms with Crippen LogP contribution in [0.25, 0.3) is 0 Å². The van der Waals surface area contributed by atoms with E-state index in [1.807, 2.05) is 23.8 Å². The van der Waals surface area contributed by atoms with Crippen molar-refractivity contribution in [3.8, 4) is 0 Å². The molecule has 19 heavy (non-hydrogen) atoms. The monoisotopic (exact) mass is 296 g/mol. The van der Waals surface area contributed by atoms with E-state index in [1.54, 1.807) is 11.3 Å². The number of aromatic carboxylic acids is 1. The number of anilines is 2. The zero-order valence-electron chi connectivity index (χ0n) is 10.2. The van der Waals surface area contributed by atoms with Gasteiger partial charge in [0.15, 0.2) is 0 Å². The van der Waals surface area contributed by atoms with Crippen molar-refractivity contribution in [3.05, 3.63) is 45.1 Å². The van der Waals surface area contributed by atoms with Crippen LogP contribution in [-0.4, -0.2) is 11.1 Å². The molecule has 0 radical (unpaired) electrons. The van der Waals surface area contributed by atoms with Crippen LogP contribution >= 0.6 is 22.9 Å². The summed E-state index contributed by atoms with van der Waals surface area (Å²) in [4.78, 5) is 11.2. The molecule has 1 unspecified atom stereocenters. The van der Waals surface area contributed by atoms with E-state index in [2.05, 4.69) is 5.32 Å². The molecule has 0 aliphatic heterocycles. The summed E-state index contributed by atoms with van der Waals surface area (Å²) < 4.78 is 0. The largest absolute Gasteiger partial charge is 0.478 e. The third kappa shape index (κ3) is 3.00. The van der Waals surface area contributed by atoms with Gasteiger partial charge in [-0.2, -0.15) is 11.3 Å². The summed E-state index contributed by atoms with van der Waals surface area (Å²) in [6.45, 7) is 1.94. The van der Waals surface area contributed by atoms with Gasteiger partial charge in [-0.05, 0) is 41.4 Å². The van der Waals surface area contributed by atoms with Crippen LogP contribution in [0.2, 0.25) is 5.02 Å². The van der Waals surface area contributed by atoms with Crippen molar-refractivity contribution < 1.29 is 9.90 Å². The fourth-order valence-electron chi connectivity index (χ4n) is 1.76. The van der Waals surface area contributed by atoms with Crippen molar-refractivity contribution in [2.24, 2.45) is 0 Å². The highest BCUT2D eigenvalue weighted by atomic mass is 35.5. The summed E-state index contributed by atoms with van der Waals surface area (Å²) in [5.41, 5.74) is 7.49. The Labute approximate surface area is 119 Å². The van der Waals surface area contributed by atoms with Gasteiger partial charge in [0.25, 0.3) is 0 Å². The lowest BCUT2D eigenvalue weighted by molar-refractivity contribution is 0.0698. The third-order valence-electron chi connectivity index (χ3n) is 2.75. The molecule has 0 saturated carbocycles. The van der Waals surface area contributed by atoms with Crippen molar-refractivity contribution in [2.45, 2.75) is 13.0 Å². The Morgan fingerprint density at radius 2 is 2.26 bits per heavy atom. The molecule has 2 rings (SSSR count). The van der Waals surface area contributed by atoms with E-state index in [-0.39, 0.29) is 11.6 Å². The maximum absolute atomic E-state index is 11.2. The highest BCUT2D eigenvalue weighted by Crippen LogP contribution is 2.32. The second-order valence-electron chi connectivity index (χ2n) is 4.15. The number of rotatable bonds is 4. The van der Waals surface area contributed by atoms with Crippen LogP contribution in [0.4, 0.5) is 11.4 Å². The van der Waals surface area contributed by atoms with Crippen molar-refractivity contribution in [1.82, 2.24) is 0 Å². The second kappa shape index (κ2) is 5.50. The van der Waals surface area contributed by atoms with Crippen LogP contribution < -0.4 is 11.1 Å². The zero-order valence-corrected chi connectivity index (χ0v) is 11.8. The van der Waals surface area contributed by atoms with Crippen LogP contribution in [0.1, 0.15) is 28.9 Å². The minimum atomic E-state index is -1.06. The predicted molar refractivity (Wildman–Crippen MR) is 79.2 cm³/mol. The fourth-order valence-corrected chi connectivity index (χ4v) is 2.80. The minimum Gasteiger partial charge on any atom is -0.478 e. The Balaban J connectivity index is 2.36. The lowest BCUT2D eigenvalue weighted by Crippen LogP contribution is -2.11. The highest BCUT2D eigenvalue weighted by Gasteiger charge is 2.17. The Bertz CT molecular complexity index is 599. The third-order valence-corrected chi connectivity index (χ3v) is 3.75. The topological polar surface area (TPSA) is 75.3 Å². The molecule has 4 N–H and O–H groups in total. The summed E-state index contributed by atoms with van der Waals surface area (Å²) in [5, 5.41) is 16.6. The number of benzene rings is 1. The second-order valence-corrected chi connectivity index (χ2v) is 5.34. The van der Waals surface area contributed by atoms with Gasteiger partial charge >= 0.3 is 5.97 Å². The Morgan fingerprint density at radius 3 is 2.84 bits per heavy atom. The van der Waals surface area contributed by atoms with E-state index in [9.17, 15) is 9.90 Å². The quantitative estimate of drug-likeness (QED) is 0.749. The molecule has 0 spiro atoms. The lowest BCUT2D eigenvalue weighted by atomic mass is 10.1. The van der Waals surface area contributed by atoms with Gasteiger partial charge in [0.2, 0.25) is 0 Å². The van der Waals surface area contributed by atoms with E-state index in [4.69, 9.17) is 17.3 Å². The first-order valence-corrected chi connectivity index (χ1v) is 6.92. The van der Waals surface area contributed by atoms with Crippen LogP contribution in [0, 0.1) is 0 Å². The molecule has 0 aliphatic rings. The van der Waals surface area contributed by atoms with Gasteiger partial charge in [0.05, 0.1) is 16.3 Å². The number of hydrogen-bond donors (Lipinski definition) is 3. The lowest BCUT2D eigenvalue weighted by Gasteiger charge is -2.18. The normalized spacial score (nSPS) is 12.1. The van der Waals surface area contributed by atoms with Crippen molar-refractivity contribution in [1.29, 1.82) is 0 Å². The van der Waals surface area contributed by atoms with E-state index in [0.717, 1.165) is 5.56 Å². The smallest absolute Gasteiger partial charge is 0.337 e. The molecule has 0 fully saturated rings. The minimum absolute atomic E-state index is 0.0366. The number of hydrogen-bond acceptors (Lipinski definition) is 4. The van der Waals surface area contributed by atoms with Gasteiger partial charge in [0, 0.05) is 11.7 Å². The van der Waals surface area contributed by atoms with E-state index in [0.29, 0.717) is 16.4 Å². The molecule has 4 nitrogen and oxygen atoms in total. The number of carbonyl (C=O) groups is 1. The Morgan fingerprint density at radius 1 is 1.53 bits per heavy atom. The maximum atomic E-state index is 11.2. The van der Waals surface area contributed by atoms with Crippen molar-refractivity contribution in [3.63, 3.8) is 0 Å². The van der Waals surface area contributed by atoms with Gasteiger partial charge in [-0.15, -0.1) is 0 Å². The number of halogens is 1. The first kappa shape index (κ1) is 13.7. The molecule has 0 bridgehead atoms. The summed E-state index contributed by atoms with van der Waals surface area (Å²) in [6, 6.07) is 4.88. The molecule has 1 aromatic heterocycles. The summed E-state index contributed by atoms with van der Waals surface area (Å²) in [6.07, 6.45) is 0. The van der Waals surface area contributed by atoms with E-state index < -0.39 is 5.97 Å². The maximum Gasteiger partial charge on any atom is 0.337 e. The number of nitrogen functional groups attached to an aromatic ring is 1. The van der Waals surface area contributed by atoms with Gasteiger partial charge in [-0.25, -0.2) is 4.79 Å². The van der Waals surface area contributed by atoms with E-state index in [1.165, 1.54) is 12.1 Å². The number of thiophene rings is 1. The molecule has 1 aromatic carbocycles. The van der Waals surface area contributed by atoms with Crippen LogP contribution in [0.3, 0.4) is 0 Å². The SMILES string of the molecule is CC(Nc1c(Cl)cc(N)cc1C(=O)O)c1ccsc1. The van der Waals surface area contributed by atoms with Crippen molar-refractivity contribution >= 4 is 40.3 Å². The number of carboxylic acid groups (broad SMARTS) is 1. The molecular formula is C13H13ClN2O2S. The standard InChI is InChI=1S/C13H13ClN2O2S/c1-7(8-2-3-19-6-8)16-12-10(13(17)18)4-9(15)5-11(12)14/h2-7,16H,15H2,1H3,(H,17,18). The Kier molecular flexibility index (Phi) is 3.97. The van der Waals surface area contributed by atoms with Crippen LogP contribution in [0.15, 0.2) is 29.0 Å². The molecular weight excluding hydrogens is 284 g/mol. The van der Waals surface area contributed by atoms with E-state index >= 15 is 0 Å². The molecule has 0 saturated heterocycles. The predicted octanol–water partition coefficient (Wildman–Crippen LogP) is 3.86. The van der Waals surface area contributed by atoms with Gasteiger partial charge in [-0.1, -0.05) is 11.6 Å². The average Bonchev–Trinajstić information content (AvgIpc) is 2.85. The first-order chi connectivity index (χ1) is 8.99. The van der Waals surface area contributed by atoms with Gasteiger partial charge < -0.3 is 16.2 Å². The number of nitrogens with two attached hydrogens (primary N) is 1. The molecule has 0 amide bonds. The molecule has 2 aromatic rings. The number of nitrogens with one attached hydrogen (secondary N) is 1. The summed E-state index contributed by atoms with van der Waals surface area (Å²) in [7, 11) is 0. The number of carboxylic acids is 1. The zero-order chi connectivity index (χ0) is 14.0. The molecule has 6 heteroatoms. The van der Waals surface area contributed by atoms with Gasteiger partial charge in [0.1, 0.15) is 0 Å².